The average molecular weight is 306 g/mol. The van der Waals surface area contributed by atoms with Crippen LogP contribution in [0.25, 0.3) is 11.1 Å². The molecule has 0 spiro atoms. The highest BCUT2D eigenvalue weighted by Crippen LogP contribution is 2.22. The highest BCUT2D eigenvalue weighted by Gasteiger charge is 2.08. The van der Waals surface area contributed by atoms with E-state index >= 15 is 0 Å². The number of aromatic nitrogens is 1. The third kappa shape index (κ3) is 3.13. The summed E-state index contributed by atoms with van der Waals surface area (Å²) < 4.78 is 0.430. The smallest absolute Gasteiger partial charge is 0.258 e. The molecule has 0 aliphatic heterocycles. The Kier molecular flexibility index (Phi) is 4.12. The molecule has 1 amide bonds. The maximum Gasteiger partial charge on any atom is 0.258 e. The lowest BCUT2D eigenvalue weighted by molar-refractivity contribution is 0.102. The van der Waals surface area contributed by atoms with Gasteiger partial charge < -0.3 is 10.3 Å². The average Bonchev–Trinajstić information content (AvgIpc) is 2.56. The molecule has 1 heterocycles. The van der Waals surface area contributed by atoms with Gasteiger partial charge in [0.15, 0.2) is 0 Å². The maximum atomic E-state index is 12.3. The van der Waals surface area contributed by atoms with Gasteiger partial charge in [0.05, 0.1) is 5.56 Å². The molecule has 0 atom stereocenters. The van der Waals surface area contributed by atoms with Crippen molar-refractivity contribution in [1.29, 1.82) is 0 Å². The summed E-state index contributed by atoms with van der Waals surface area (Å²) >= 11 is 5.13. The molecule has 0 aliphatic rings. The van der Waals surface area contributed by atoms with Gasteiger partial charge in [0, 0.05) is 11.9 Å². The number of rotatable bonds is 3. The van der Waals surface area contributed by atoms with Crippen LogP contribution >= 0.6 is 12.2 Å². The molecule has 3 nitrogen and oxygen atoms in total. The number of carbonyl (C=O) groups excluding carboxylic acids is 1. The Bertz CT molecular complexity index is 856. The van der Waals surface area contributed by atoms with Gasteiger partial charge in [-0.05, 0) is 35.4 Å². The number of nitrogens with one attached hydrogen (secondary N) is 2. The molecule has 0 bridgehead atoms. The molecule has 1 aromatic heterocycles. The van der Waals surface area contributed by atoms with Gasteiger partial charge in [0.1, 0.15) is 4.64 Å². The summed E-state index contributed by atoms with van der Waals surface area (Å²) in [6, 6.07) is 21.2. The van der Waals surface area contributed by atoms with Gasteiger partial charge in [-0.1, -0.05) is 54.7 Å². The fraction of sp³-hybridized carbons (Fsp3) is 0. The number of H-pyrrole nitrogens is 1. The van der Waals surface area contributed by atoms with Gasteiger partial charge in [-0.3, -0.25) is 4.79 Å². The predicted molar refractivity (Wildman–Crippen MR) is 91.5 cm³/mol. The number of anilines is 1. The summed E-state index contributed by atoms with van der Waals surface area (Å²) in [4.78, 5) is 15.1. The van der Waals surface area contributed by atoms with Crippen LogP contribution in [-0.2, 0) is 0 Å². The first-order chi connectivity index (χ1) is 10.7. The number of carbonyl (C=O) groups is 1. The highest BCUT2D eigenvalue weighted by atomic mass is 32.1. The standard InChI is InChI=1S/C18H14N2OS/c21-17(16-10-5-11-19-18(16)22)20-15-9-4-8-14(12-15)13-6-2-1-3-7-13/h1-12H,(H,19,22)(H,20,21). The van der Waals surface area contributed by atoms with Gasteiger partial charge in [0.25, 0.3) is 5.91 Å². The summed E-state index contributed by atoms with van der Waals surface area (Å²) in [7, 11) is 0. The zero-order chi connectivity index (χ0) is 15.4. The van der Waals surface area contributed by atoms with Crippen molar-refractivity contribution in [3.8, 4) is 11.1 Å². The van der Waals surface area contributed by atoms with Crippen molar-refractivity contribution in [3.63, 3.8) is 0 Å². The normalized spacial score (nSPS) is 10.2. The summed E-state index contributed by atoms with van der Waals surface area (Å²) in [5, 5.41) is 2.88. The van der Waals surface area contributed by atoms with Crippen molar-refractivity contribution in [2.75, 3.05) is 5.32 Å². The number of amides is 1. The number of benzene rings is 2. The lowest BCUT2D eigenvalue weighted by atomic mass is 10.1. The Hall–Kier alpha value is -2.72. The molecule has 2 N–H and O–H groups in total. The van der Waals surface area contributed by atoms with E-state index in [9.17, 15) is 4.79 Å². The van der Waals surface area contributed by atoms with E-state index in [-0.39, 0.29) is 5.91 Å². The van der Waals surface area contributed by atoms with E-state index in [0.29, 0.717) is 10.2 Å². The minimum Gasteiger partial charge on any atom is -0.352 e. The van der Waals surface area contributed by atoms with Crippen LogP contribution in [0.1, 0.15) is 10.4 Å². The van der Waals surface area contributed by atoms with Crippen molar-refractivity contribution in [2.24, 2.45) is 0 Å². The molecule has 0 unspecified atom stereocenters. The Morgan fingerprint density at radius 1 is 0.909 bits per heavy atom. The van der Waals surface area contributed by atoms with Crippen LogP contribution < -0.4 is 5.32 Å². The molecule has 0 fully saturated rings. The van der Waals surface area contributed by atoms with E-state index in [4.69, 9.17) is 12.2 Å². The number of hydrogen-bond donors (Lipinski definition) is 2. The quantitative estimate of drug-likeness (QED) is 0.691. The van der Waals surface area contributed by atoms with Crippen LogP contribution in [-0.4, -0.2) is 10.9 Å². The monoisotopic (exact) mass is 306 g/mol. The van der Waals surface area contributed by atoms with Crippen molar-refractivity contribution < 1.29 is 4.79 Å². The van der Waals surface area contributed by atoms with E-state index in [1.165, 1.54) is 0 Å². The molecule has 0 aliphatic carbocycles. The van der Waals surface area contributed by atoms with Crippen LogP contribution in [0.2, 0.25) is 0 Å². The molecule has 2 aromatic carbocycles. The van der Waals surface area contributed by atoms with Crippen LogP contribution in [0.15, 0.2) is 72.9 Å². The van der Waals surface area contributed by atoms with E-state index in [2.05, 4.69) is 10.3 Å². The van der Waals surface area contributed by atoms with Gasteiger partial charge >= 0.3 is 0 Å². The Labute approximate surface area is 133 Å². The third-order valence-electron chi connectivity index (χ3n) is 3.29. The molecule has 3 aromatic rings. The van der Waals surface area contributed by atoms with E-state index < -0.39 is 0 Å². The molecule has 22 heavy (non-hydrogen) atoms. The minimum atomic E-state index is -0.216. The molecule has 0 saturated carbocycles. The summed E-state index contributed by atoms with van der Waals surface area (Å²) in [5.74, 6) is -0.216. The van der Waals surface area contributed by atoms with Gasteiger partial charge in [-0.2, -0.15) is 0 Å². The molecular weight excluding hydrogens is 292 g/mol. The van der Waals surface area contributed by atoms with Crippen LogP contribution in [0, 0.1) is 4.64 Å². The fourth-order valence-corrected chi connectivity index (χ4v) is 2.43. The van der Waals surface area contributed by atoms with E-state index in [1.54, 1.807) is 18.3 Å². The molecule has 0 radical (unpaired) electrons. The third-order valence-corrected chi connectivity index (χ3v) is 3.63. The first-order valence-corrected chi connectivity index (χ1v) is 7.29. The fourth-order valence-electron chi connectivity index (χ4n) is 2.21. The van der Waals surface area contributed by atoms with Crippen LogP contribution in [0.4, 0.5) is 5.69 Å². The SMILES string of the molecule is O=C(Nc1cccc(-c2ccccc2)c1)c1ccc[nH]c1=S. The molecule has 3 rings (SSSR count). The second-order valence-electron chi connectivity index (χ2n) is 4.81. The Morgan fingerprint density at radius 3 is 2.45 bits per heavy atom. The van der Waals surface area contributed by atoms with Crippen molar-refractivity contribution in [1.82, 2.24) is 4.98 Å². The number of pyridine rings is 1. The van der Waals surface area contributed by atoms with Crippen LogP contribution in [0.5, 0.6) is 0 Å². The Morgan fingerprint density at radius 2 is 1.68 bits per heavy atom. The Balaban J connectivity index is 1.86. The second-order valence-corrected chi connectivity index (χ2v) is 5.22. The second kappa shape index (κ2) is 6.37. The van der Waals surface area contributed by atoms with Crippen molar-refractivity contribution in [2.45, 2.75) is 0 Å². The minimum absolute atomic E-state index is 0.216. The molecule has 108 valence electrons. The molecule has 0 saturated heterocycles. The zero-order valence-corrected chi connectivity index (χ0v) is 12.6. The maximum absolute atomic E-state index is 12.3. The summed E-state index contributed by atoms with van der Waals surface area (Å²) in [6.45, 7) is 0. The predicted octanol–water partition coefficient (Wildman–Crippen LogP) is 4.66. The largest absolute Gasteiger partial charge is 0.352 e. The lowest BCUT2D eigenvalue weighted by Gasteiger charge is -2.08. The highest BCUT2D eigenvalue weighted by molar-refractivity contribution is 7.71. The molecule has 4 heteroatoms. The first-order valence-electron chi connectivity index (χ1n) is 6.88. The topological polar surface area (TPSA) is 44.9 Å². The number of aromatic amines is 1. The van der Waals surface area contributed by atoms with Gasteiger partial charge in [-0.25, -0.2) is 0 Å². The van der Waals surface area contributed by atoms with Crippen molar-refractivity contribution >= 4 is 23.8 Å². The summed E-state index contributed by atoms with van der Waals surface area (Å²) in [5.41, 5.74) is 3.36. The van der Waals surface area contributed by atoms with E-state index in [0.717, 1.165) is 16.8 Å². The molecular formula is C18H14N2OS. The van der Waals surface area contributed by atoms with Crippen molar-refractivity contribution in [3.05, 3.63) is 83.1 Å². The zero-order valence-electron chi connectivity index (χ0n) is 11.7. The van der Waals surface area contributed by atoms with Gasteiger partial charge in [0.2, 0.25) is 0 Å². The van der Waals surface area contributed by atoms with Gasteiger partial charge in [-0.15, -0.1) is 0 Å². The first kappa shape index (κ1) is 14.2. The summed E-state index contributed by atoms with van der Waals surface area (Å²) in [6.07, 6.45) is 1.70. The van der Waals surface area contributed by atoms with Crippen LogP contribution in [0.3, 0.4) is 0 Å². The van der Waals surface area contributed by atoms with E-state index in [1.807, 2.05) is 54.6 Å². The number of hydrogen-bond acceptors (Lipinski definition) is 2. The lowest BCUT2D eigenvalue weighted by Crippen LogP contribution is -2.12.